The first-order chi connectivity index (χ1) is 8.05. The van der Waals surface area contributed by atoms with Crippen LogP contribution in [0.1, 0.15) is 11.1 Å². The zero-order valence-electron chi connectivity index (χ0n) is 8.53. The number of hydrogen-bond donors (Lipinski definition) is 1. The summed E-state index contributed by atoms with van der Waals surface area (Å²) in [4.78, 5) is 0. The van der Waals surface area contributed by atoms with Crippen LogP contribution in [0, 0.1) is 0 Å². The van der Waals surface area contributed by atoms with Crippen molar-refractivity contribution in [1.82, 2.24) is 15.4 Å². The molecule has 0 saturated heterocycles. The average molecular weight is 243 g/mol. The summed E-state index contributed by atoms with van der Waals surface area (Å²) in [5.74, 6) is 0.296. The lowest BCUT2D eigenvalue weighted by Crippen LogP contribution is -2.05. The predicted octanol–water partition coefficient (Wildman–Crippen LogP) is 2.40. The molecule has 0 aliphatic heterocycles. The van der Waals surface area contributed by atoms with Crippen LogP contribution >= 0.6 is 0 Å². The predicted molar refractivity (Wildman–Crippen MR) is 52.2 cm³/mol. The first-order valence-electron chi connectivity index (χ1n) is 4.70. The highest BCUT2D eigenvalue weighted by atomic mass is 19.4. The van der Waals surface area contributed by atoms with Gasteiger partial charge < -0.3 is 4.74 Å². The fraction of sp³-hybridized carbons (Fsp3) is 0.200. The number of rotatable bonds is 3. The number of hydrogen-bond acceptors (Lipinski definition) is 3. The first kappa shape index (κ1) is 11.4. The second-order valence-electron chi connectivity index (χ2n) is 3.29. The Morgan fingerprint density at radius 2 is 1.88 bits per heavy atom. The third-order valence-corrected chi connectivity index (χ3v) is 2.06. The number of ether oxygens (including phenoxy) is 1. The van der Waals surface area contributed by atoms with E-state index in [1.165, 1.54) is 18.3 Å². The molecule has 0 spiro atoms. The van der Waals surface area contributed by atoms with Crippen LogP contribution in [0.5, 0.6) is 5.88 Å². The molecule has 4 nitrogen and oxygen atoms in total. The molecule has 0 aliphatic rings. The Morgan fingerprint density at radius 3 is 2.41 bits per heavy atom. The molecule has 0 atom stereocenters. The third-order valence-electron chi connectivity index (χ3n) is 2.06. The molecule has 0 unspecified atom stereocenters. The molecule has 7 heteroatoms. The normalized spacial score (nSPS) is 11.5. The summed E-state index contributed by atoms with van der Waals surface area (Å²) in [6.45, 7) is 0.144. The molecular weight excluding hydrogens is 235 g/mol. The Hall–Kier alpha value is -2.05. The van der Waals surface area contributed by atoms with Crippen LogP contribution in [0.4, 0.5) is 13.2 Å². The van der Waals surface area contributed by atoms with Crippen molar-refractivity contribution in [3.63, 3.8) is 0 Å². The highest BCUT2D eigenvalue weighted by Crippen LogP contribution is 2.29. The minimum absolute atomic E-state index is 0.144. The van der Waals surface area contributed by atoms with Crippen molar-refractivity contribution < 1.29 is 17.9 Å². The molecule has 2 rings (SSSR count). The number of nitrogens with zero attached hydrogens (tertiary/aromatic N) is 2. The summed E-state index contributed by atoms with van der Waals surface area (Å²) in [7, 11) is 0. The van der Waals surface area contributed by atoms with Crippen molar-refractivity contribution in [3.05, 3.63) is 41.6 Å². The van der Waals surface area contributed by atoms with Gasteiger partial charge in [-0.1, -0.05) is 12.1 Å². The second-order valence-corrected chi connectivity index (χ2v) is 3.29. The van der Waals surface area contributed by atoms with E-state index < -0.39 is 11.7 Å². The van der Waals surface area contributed by atoms with E-state index in [9.17, 15) is 13.2 Å². The molecule has 1 heterocycles. The molecule has 0 aliphatic carbocycles. The minimum atomic E-state index is -4.31. The summed E-state index contributed by atoms with van der Waals surface area (Å²) >= 11 is 0. The zero-order valence-corrected chi connectivity index (χ0v) is 8.53. The van der Waals surface area contributed by atoms with Gasteiger partial charge in [-0.2, -0.15) is 23.5 Å². The molecule has 1 N–H and O–H groups in total. The number of benzene rings is 1. The monoisotopic (exact) mass is 243 g/mol. The summed E-state index contributed by atoms with van der Waals surface area (Å²) < 4.78 is 42.0. The number of aromatic nitrogens is 3. The van der Waals surface area contributed by atoms with E-state index in [1.54, 1.807) is 0 Å². The van der Waals surface area contributed by atoms with Crippen LogP contribution in [0.25, 0.3) is 0 Å². The van der Waals surface area contributed by atoms with Crippen LogP contribution in [-0.2, 0) is 12.8 Å². The Balaban J connectivity index is 1.99. The standard InChI is InChI=1S/C10H8F3N3O/c11-10(12,13)8-3-1-7(2-4-8)6-17-9-5-14-16-15-9/h1-5H,6H2,(H,14,15,16). The first-order valence-corrected chi connectivity index (χ1v) is 4.70. The number of alkyl halides is 3. The van der Waals surface area contributed by atoms with Crippen molar-refractivity contribution in [2.75, 3.05) is 0 Å². The van der Waals surface area contributed by atoms with Gasteiger partial charge in [0.25, 0.3) is 5.88 Å². The fourth-order valence-electron chi connectivity index (χ4n) is 1.21. The smallest absolute Gasteiger partial charge is 0.416 e. The van der Waals surface area contributed by atoms with E-state index in [-0.39, 0.29) is 6.61 Å². The Morgan fingerprint density at radius 1 is 1.18 bits per heavy atom. The molecule has 0 saturated carbocycles. The van der Waals surface area contributed by atoms with E-state index in [4.69, 9.17) is 4.74 Å². The number of aromatic amines is 1. The summed E-state index contributed by atoms with van der Waals surface area (Å²) in [5, 5.41) is 9.54. The topological polar surface area (TPSA) is 50.8 Å². The van der Waals surface area contributed by atoms with Gasteiger partial charge in [-0.3, -0.25) is 0 Å². The van der Waals surface area contributed by atoms with Gasteiger partial charge in [-0.25, -0.2) is 0 Å². The van der Waals surface area contributed by atoms with Gasteiger partial charge >= 0.3 is 6.18 Å². The Bertz CT molecular complexity index is 465. The van der Waals surface area contributed by atoms with Crippen molar-refractivity contribution in [2.24, 2.45) is 0 Å². The van der Waals surface area contributed by atoms with Gasteiger partial charge in [0, 0.05) is 0 Å². The molecule has 1 aromatic heterocycles. The van der Waals surface area contributed by atoms with Crippen molar-refractivity contribution >= 4 is 0 Å². The highest BCUT2D eigenvalue weighted by Gasteiger charge is 2.29. The summed E-state index contributed by atoms with van der Waals surface area (Å²) in [6.07, 6.45) is -2.93. The van der Waals surface area contributed by atoms with E-state index in [0.717, 1.165) is 12.1 Å². The van der Waals surface area contributed by atoms with Crippen molar-refractivity contribution in [3.8, 4) is 5.88 Å². The molecule has 2 aromatic rings. The lowest BCUT2D eigenvalue weighted by Gasteiger charge is -2.07. The molecule has 90 valence electrons. The molecule has 0 radical (unpaired) electrons. The van der Waals surface area contributed by atoms with Gasteiger partial charge in [0.15, 0.2) is 0 Å². The van der Waals surface area contributed by atoms with Crippen LogP contribution in [0.3, 0.4) is 0 Å². The molecular formula is C10H8F3N3O. The molecule has 1 aromatic carbocycles. The maximum atomic E-state index is 12.3. The fourth-order valence-corrected chi connectivity index (χ4v) is 1.21. The molecule has 17 heavy (non-hydrogen) atoms. The van der Waals surface area contributed by atoms with Crippen molar-refractivity contribution in [1.29, 1.82) is 0 Å². The Labute approximate surface area is 94.4 Å². The number of nitrogens with one attached hydrogen (secondary N) is 1. The van der Waals surface area contributed by atoms with Crippen molar-refractivity contribution in [2.45, 2.75) is 12.8 Å². The number of H-pyrrole nitrogens is 1. The van der Waals surface area contributed by atoms with E-state index >= 15 is 0 Å². The molecule has 0 fully saturated rings. The van der Waals surface area contributed by atoms with Crippen LogP contribution < -0.4 is 4.74 Å². The lowest BCUT2D eigenvalue weighted by atomic mass is 10.1. The SMILES string of the molecule is FC(F)(F)c1ccc(COc2cn[nH]n2)cc1. The maximum absolute atomic E-state index is 12.3. The lowest BCUT2D eigenvalue weighted by molar-refractivity contribution is -0.137. The van der Waals surface area contributed by atoms with Gasteiger partial charge in [-0.15, -0.1) is 5.10 Å². The highest BCUT2D eigenvalue weighted by molar-refractivity contribution is 5.24. The largest absolute Gasteiger partial charge is 0.471 e. The van der Waals surface area contributed by atoms with Gasteiger partial charge in [-0.05, 0) is 17.7 Å². The average Bonchev–Trinajstić information content (AvgIpc) is 2.78. The van der Waals surface area contributed by atoms with Gasteiger partial charge in [0.1, 0.15) is 12.8 Å². The van der Waals surface area contributed by atoms with Crippen LogP contribution in [0.15, 0.2) is 30.5 Å². The zero-order chi connectivity index (χ0) is 12.3. The Kier molecular flexibility index (Phi) is 2.99. The van der Waals surface area contributed by atoms with E-state index in [0.29, 0.717) is 11.4 Å². The molecule has 0 amide bonds. The summed E-state index contributed by atoms with van der Waals surface area (Å²) in [6, 6.07) is 4.76. The maximum Gasteiger partial charge on any atom is 0.416 e. The van der Waals surface area contributed by atoms with Crippen LogP contribution in [0.2, 0.25) is 0 Å². The van der Waals surface area contributed by atoms with Crippen LogP contribution in [-0.4, -0.2) is 15.4 Å². The van der Waals surface area contributed by atoms with Gasteiger partial charge in [0.2, 0.25) is 0 Å². The molecule has 0 bridgehead atoms. The van der Waals surface area contributed by atoms with E-state index in [1.807, 2.05) is 0 Å². The third kappa shape index (κ3) is 2.96. The quantitative estimate of drug-likeness (QED) is 0.900. The second kappa shape index (κ2) is 4.44. The summed E-state index contributed by atoms with van der Waals surface area (Å²) in [5.41, 5.74) is -0.0521. The number of halogens is 3. The van der Waals surface area contributed by atoms with E-state index in [2.05, 4.69) is 15.4 Å². The minimum Gasteiger partial charge on any atom is -0.471 e. The van der Waals surface area contributed by atoms with Gasteiger partial charge in [0.05, 0.1) is 5.56 Å².